The van der Waals surface area contributed by atoms with Gasteiger partial charge in [-0.25, -0.2) is 4.68 Å². The van der Waals surface area contributed by atoms with Gasteiger partial charge in [-0.05, 0) is 69.5 Å². The van der Waals surface area contributed by atoms with Crippen LogP contribution in [-0.4, -0.2) is 34.4 Å². The van der Waals surface area contributed by atoms with Crippen LogP contribution in [-0.2, 0) is 11.2 Å². The van der Waals surface area contributed by atoms with Gasteiger partial charge in [-0.1, -0.05) is 24.3 Å². The number of aromatic nitrogens is 3. The molecule has 0 spiro atoms. The van der Waals surface area contributed by atoms with E-state index in [4.69, 9.17) is 19.6 Å². The van der Waals surface area contributed by atoms with Gasteiger partial charge in [0.05, 0.1) is 30.8 Å². The summed E-state index contributed by atoms with van der Waals surface area (Å²) in [6.45, 7) is 8.42. The topological polar surface area (TPSA) is 78.3 Å². The number of carbonyl (C=O) groups excluding carboxylic acids is 1. The van der Waals surface area contributed by atoms with E-state index in [1.165, 1.54) is 0 Å². The Hall–Kier alpha value is -3.87. The minimum atomic E-state index is -0.0949. The number of hydrogen-bond acceptors (Lipinski definition) is 5. The van der Waals surface area contributed by atoms with Gasteiger partial charge in [-0.15, -0.1) is 0 Å². The minimum absolute atomic E-state index is 0.0949. The number of benzene rings is 2. The fourth-order valence-electron chi connectivity index (χ4n) is 4.20. The van der Waals surface area contributed by atoms with E-state index >= 15 is 0 Å². The molecule has 2 aromatic heterocycles. The van der Waals surface area contributed by atoms with Crippen LogP contribution in [0.15, 0.2) is 48.5 Å². The number of pyridine rings is 1. The number of aryl methyl sites for hydroxylation is 3. The van der Waals surface area contributed by atoms with Crippen molar-refractivity contribution in [2.24, 2.45) is 0 Å². The first-order valence-electron chi connectivity index (χ1n) is 11.4. The highest BCUT2D eigenvalue weighted by molar-refractivity contribution is 5.93. The molecule has 0 fully saturated rings. The molecule has 1 N–H and O–H groups in total. The fraction of sp³-hybridized carbons (Fsp3) is 0.296. The summed E-state index contributed by atoms with van der Waals surface area (Å²) >= 11 is 0. The number of para-hydroxylation sites is 1. The zero-order valence-corrected chi connectivity index (χ0v) is 20.3. The predicted octanol–water partition coefficient (Wildman–Crippen LogP) is 5.32. The van der Waals surface area contributed by atoms with Gasteiger partial charge in [0.25, 0.3) is 0 Å². The van der Waals surface area contributed by atoms with Gasteiger partial charge >= 0.3 is 0 Å². The quantitative estimate of drug-likeness (QED) is 0.386. The second kappa shape index (κ2) is 9.95. The molecular weight excluding hydrogens is 428 g/mol. The van der Waals surface area contributed by atoms with Gasteiger partial charge < -0.3 is 14.8 Å². The van der Waals surface area contributed by atoms with Crippen LogP contribution in [0.4, 0.5) is 5.69 Å². The molecule has 0 unspecified atom stereocenters. The smallest absolute Gasteiger partial charge is 0.224 e. The van der Waals surface area contributed by atoms with Gasteiger partial charge in [-0.3, -0.25) is 4.79 Å². The van der Waals surface area contributed by atoms with Crippen molar-refractivity contribution in [3.63, 3.8) is 0 Å². The summed E-state index contributed by atoms with van der Waals surface area (Å²) in [5.74, 6) is 1.09. The van der Waals surface area contributed by atoms with Crippen LogP contribution in [0.1, 0.15) is 35.7 Å². The highest BCUT2D eigenvalue weighted by Gasteiger charge is 2.21. The Kier molecular flexibility index (Phi) is 6.82. The van der Waals surface area contributed by atoms with Crippen molar-refractivity contribution in [1.82, 2.24) is 14.8 Å². The van der Waals surface area contributed by atoms with Crippen LogP contribution in [0.3, 0.4) is 0 Å². The number of nitrogens with one attached hydrogen (secondary N) is 1. The van der Waals surface area contributed by atoms with Gasteiger partial charge in [-0.2, -0.15) is 10.1 Å². The second-order valence-electron chi connectivity index (χ2n) is 8.24. The average molecular weight is 459 g/mol. The number of nitrogens with zero attached hydrogens (tertiary/aromatic N) is 3. The highest BCUT2D eigenvalue weighted by atomic mass is 16.5. The van der Waals surface area contributed by atoms with E-state index in [9.17, 15) is 4.79 Å². The van der Waals surface area contributed by atoms with Crippen LogP contribution < -0.4 is 14.8 Å². The number of ether oxygens (including phenoxy) is 2. The molecule has 0 radical (unpaired) electrons. The number of carbonyl (C=O) groups is 1. The Bertz CT molecular complexity index is 1330. The van der Waals surface area contributed by atoms with Gasteiger partial charge in [0.1, 0.15) is 5.75 Å². The van der Waals surface area contributed by atoms with Crippen molar-refractivity contribution in [2.45, 2.75) is 40.5 Å². The summed E-state index contributed by atoms with van der Waals surface area (Å²) in [6.07, 6.45) is 0.789. The standard InChI is InChI=1S/C27H30N4O3/c1-6-34-27-21(13-15-24(32)28-22-16-17(2)12-14-23(22)33-5)18(3)25-19(4)30-31(26(25)29-27)20-10-8-7-9-11-20/h7-12,14,16H,6,13,15H2,1-5H3,(H,28,32). The first-order chi connectivity index (χ1) is 16.4. The van der Waals surface area contributed by atoms with Crippen molar-refractivity contribution < 1.29 is 14.3 Å². The fourth-order valence-corrected chi connectivity index (χ4v) is 4.20. The first-order valence-corrected chi connectivity index (χ1v) is 11.4. The summed E-state index contributed by atoms with van der Waals surface area (Å²) in [7, 11) is 1.59. The molecule has 1 amide bonds. The van der Waals surface area contributed by atoms with Crippen molar-refractivity contribution >= 4 is 22.6 Å². The summed E-state index contributed by atoms with van der Waals surface area (Å²) in [5.41, 5.74) is 6.26. The molecule has 0 aliphatic heterocycles. The lowest BCUT2D eigenvalue weighted by Crippen LogP contribution is -2.14. The van der Waals surface area contributed by atoms with Crippen LogP contribution >= 0.6 is 0 Å². The molecular formula is C27H30N4O3. The second-order valence-corrected chi connectivity index (χ2v) is 8.24. The number of fused-ring (bicyclic) bond motifs is 1. The molecule has 4 aromatic rings. The Morgan fingerprint density at radius 2 is 1.85 bits per heavy atom. The van der Waals surface area contributed by atoms with Crippen LogP contribution in [0, 0.1) is 20.8 Å². The number of rotatable bonds is 8. The van der Waals surface area contributed by atoms with Crippen molar-refractivity contribution in [3.8, 4) is 17.3 Å². The molecule has 0 aliphatic carbocycles. The zero-order valence-electron chi connectivity index (χ0n) is 20.3. The predicted molar refractivity (Wildman–Crippen MR) is 134 cm³/mol. The molecule has 0 aliphatic rings. The van der Waals surface area contributed by atoms with Crippen molar-refractivity contribution in [2.75, 3.05) is 19.0 Å². The lowest BCUT2D eigenvalue weighted by molar-refractivity contribution is -0.116. The summed E-state index contributed by atoms with van der Waals surface area (Å²) < 4.78 is 13.2. The molecule has 2 heterocycles. The van der Waals surface area contributed by atoms with E-state index < -0.39 is 0 Å². The highest BCUT2D eigenvalue weighted by Crippen LogP contribution is 2.32. The first kappa shape index (κ1) is 23.3. The van der Waals surface area contributed by atoms with E-state index in [2.05, 4.69) is 5.32 Å². The molecule has 2 aromatic carbocycles. The molecule has 7 heteroatoms. The monoisotopic (exact) mass is 458 g/mol. The van der Waals surface area contributed by atoms with Crippen LogP contribution in [0.2, 0.25) is 0 Å². The number of hydrogen-bond donors (Lipinski definition) is 1. The largest absolute Gasteiger partial charge is 0.495 e. The van der Waals surface area contributed by atoms with Crippen molar-refractivity contribution in [1.29, 1.82) is 0 Å². The Morgan fingerprint density at radius 1 is 1.09 bits per heavy atom. The van der Waals surface area contributed by atoms with Crippen molar-refractivity contribution in [3.05, 3.63) is 70.9 Å². The molecule has 0 saturated heterocycles. The van der Waals surface area contributed by atoms with Crippen LogP contribution in [0.25, 0.3) is 16.7 Å². The number of methoxy groups -OCH3 is 1. The summed E-state index contributed by atoms with van der Waals surface area (Å²) in [5, 5.41) is 8.71. The SMILES string of the molecule is CCOc1nc2c(c(C)nn2-c2ccccc2)c(C)c1CCC(=O)Nc1cc(C)ccc1OC. The Balaban J connectivity index is 1.65. The third kappa shape index (κ3) is 4.59. The lowest BCUT2D eigenvalue weighted by Gasteiger charge is -2.15. The number of amides is 1. The molecule has 34 heavy (non-hydrogen) atoms. The maximum Gasteiger partial charge on any atom is 0.224 e. The molecule has 4 rings (SSSR count). The maximum atomic E-state index is 12.8. The minimum Gasteiger partial charge on any atom is -0.495 e. The average Bonchev–Trinajstić information content (AvgIpc) is 3.16. The molecule has 0 bridgehead atoms. The third-order valence-electron chi connectivity index (χ3n) is 5.84. The molecule has 0 atom stereocenters. The maximum absolute atomic E-state index is 12.8. The number of anilines is 1. The normalized spacial score (nSPS) is 11.0. The van der Waals surface area contributed by atoms with E-state index in [1.54, 1.807) is 7.11 Å². The van der Waals surface area contributed by atoms with E-state index in [1.807, 2.05) is 80.9 Å². The Morgan fingerprint density at radius 3 is 2.56 bits per heavy atom. The van der Waals surface area contributed by atoms with E-state index in [-0.39, 0.29) is 12.3 Å². The lowest BCUT2D eigenvalue weighted by atomic mass is 10.0. The van der Waals surface area contributed by atoms with E-state index in [0.29, 0.717) is 30.3 Å². The van der Waals surface area contributed by atoms with Gasteiger partial charge in [0.2, 0.25) is 11.8 Å². The Labute approximate surface area is 199 Å². The molecule has 7 nitrogen and oxygen atoms in total. The van der Waals surface area contributed by atoms with E-state index in [0.717, 1.165) is 39.1 Å². The van der Waals surface area contributed by atoms with Gasteiger partial charge in [0, 0.05) is 17.4 Å². The van der Waals surface area contributed by atoms with Gasteiger partial charge in [0.15, 0.2) is 5.65 Å². The third-order valence-corrected chi connectivity index (χ3v) is 5.84. The summed E-state index contributed by atoms with van der Waals surface area (Å²) in [4.78, 5) is 17.7. The molecule has 0 saturated carbocycles. The van der Waals surface area contributed by atoms with Crippen LogP contribution in [0.5, 0.6) is 11.6 Å². The summed E-state index contributed by atoms with van der Waals surface area (Å²) in [6, 6.07) is 15.6. The zero-order chi connectivity index (χ0) is 24.2. The molecule has 176 valence electrons.